The number of imidazole rings is 1. The number of carboxylic acid groups (broad SMARTS) is 1. The molecule has 0 spiro atoms. The number of nitrogens with zero attached hydrogens (tertiary/aromatic N) is 3. The maximum atomic E-state index is 10.8. The Morgan fingerprint density at radius 3 is 2.67 bits per heavy atom. The van der Waals surface area contributed by atoms with Crippen LogP contribution in [0.25, 0.3) is 5.65 Å². The van der Waals surface area contributed by atoms with Crippen molar-refractivity contribution >= 4 is 11.6 Å². The molecule has 0 atom stereocenters. The summed E-state index contributed by atoms with van der Waals surface area (Å²) in [5.41, 5.74) is 2.97. The fourth-order valence-corrected chi connectivity index (χ4v) is 2.31. The highest BCUT2D eigenvalue weighted by molar-refractivity contribution is 5.66. The minimum atomic E-state index is -0.769. The van der Waals surface area contributed by atoms with Gasteiger partial charge in [0.05, 0.1) is 12.1 Å². The molecule has 0 aliphatic heterocycles. The number of hydrogen-bond acceptors (Lipinski definition) is 3. The van der Waals surface area contributed by atoms with Crippen molar-refractivity contribution in [2.75, 3.05) is 6.54 Å². The highest BCUT2D eigenvalue weighted by Gasteiger charge is 2.22. The third-order valence-corrected chi connectivity index (χ3v) is 3.55. The number of pyridine rings is 1. The first-order valence-corrected chi connectivity index (χ1v) is 7.17. The second-order valence-electron chi connectivity index (χ2n) is 6.44. The molecule has 0 saturated heterocycles. The predicted octanol–water partition coefficient (Wildman–Crippen LogP) is 2.72. The molecule has 5 nitrogen and oxygen atoms in total. The van der Waals surface area contributed by atoms with Gasteiger partial charge in [-0.2, -0.15) is 0 Å². The Morgan fingerprint density at radius 2 is 2.05 bits per heavy atom. The quantitative estimate of drug-likeness (QED) is 0.919. The van der Waals surface area contributed by atoms with Gasteiger partial charge in [0.1, 0.15) is 5.65 Å². The molecule has 2 rings (SSSR count). The van der Waals surface area contributed by atoms with Crippen LogP contribution < -0.4 is 0 Å². The standard InChI is InChI=1S/C16H23N3O2/c1-12-5-6-14-17-13(10-18(14)9-12)11-19(16(2,3)4)8-7-15(20)21/h5-6,9-10H,7-8,11H2,1-4H3,(H,20,21). The number of hydrogen-bond donors (Lipinski definition) is 1. The highest BCUT2D eigenvalue weighted by atomic mass is 16.4. The van der Waals surface area contributed by atoms with Crippen LogP contribution in [0.4, 0.5) is 0 Å². The molecular formula is C16H23N3O2. The molecule has 1 N–H and O–H groups in total. The monoisotopic (exact) mass is 289 g/mol. The van der Waals surface area contributed by atoms with Gasteiger partial charge in [-0.15, -0.1) is 0 Å². The van der Waals surface area contributed by atoms with Gasteiger partial charge in [0.15, 0.2) is 0 Å². The second kappa shape index (κ2) is 5.85. The molecule has 21 heavy (non-hydrogen) atoms. The maximum Gasteiger partial charge on any atom is 0.304 e. The van der Waals surface area contributed by atoms with E-state index in [9.17, 15) is 4.79 Å². The smallest absolute Gasteiger partial charge is 0.304 e. The van der Waals surface area contributed by atoms with Crippen molar-refractivity contribution in [1.82, 2.24) is 14.3 Å². The summed E-state index contributed by atoms with van der Waals surface area (Å²) in [5, 5.41) is 8.89. The van der Waals surface area contributed by atoms with Crippen LogP contribution in [0.5, 0.6) is 0 Å². The van der Waals surface area contributed by atoms with E-state index in [1.54, 1.807) is 0 Å². The summed E-state index contributed by atoms with van der Waals surface area (Å²) in [4.78, 5) is 17.6. The second-order valence-corrected chi connectivity index (χ2v) is 6.44. The highest BCUT2D eigenvalue weighted by Crippen LogP contribution is 2.18. The molecule has 0 fully saturated rings. The van der Waals surface area contributed by atoms with Gasteiger partial charge in [-0.05, 0) is 39.3 Å². The third-order valence-electron chi connectivity index (χ3n) is 3.55. The van der Waals surface area contributed by atoms with E-state index in [4.69, 9.17) is 5.11 Å². The number of aryl methyl sites for hydroxylation is 1. The molecule has 0 radical (unpaired) electrons. The zero-order chi connectivity index (χ0) is 15.6. The summed E-state index contributed by atoms with van der Waals surface area (Å²) in [5.74, 6) is -0.769. The van der Waals surface area contributed by atoms with E-state index in [1.165, 1.54) is 5.56 Å². The lowest BCUT2D eigenvalue weighted by atomic mass is 10.1. The Hall–Kier alpha value is -1.88. The average molecular weight is 289 g/mol. The van der Waals surface area contributed by atoms with Gasteiger partial charge in [0.2, 0.25) is 0 Å². The Bertz CT molecular complexity index is 640. The molecule has 0 aliphatic rings. The van der Waals surface area contributed by atoms with Crippen molar-refractivity contribution in [2.24, 2.45) is 0 Å². The molecule has 0 unspecified atom stereocenters. The zero-order valence-electron chi connectivity index (χ0n) is 13.1. The molecule has 0 amide bonds. The Labute approximate surface area is 125 Å². The normalized spacial score (nSPS) is 12.2. The van der Waals surface area contributed by atoms with Crippen molar-refractivity contribution in [3.05, 3.63) is 35.8 Å². The van der Waals surface area contributed by atoms with E-state index in [-0.39, 0.29) is 12.0 Å². The number of aliphatic carboxylic acids is 1. The number of rotatable bonds is 5. The van der Waals surface area contributed by atoms with Gasteiger partial charge < -0.3 is 9.51 Å². The van der Waals surface area contributed by atoms with E-state index >= 15 is 0 Å². The fraction of sp³-hybridized carbons (Fsp3) is 0.500. The first kappa shape index (κ1) is 15.5. The molecule has 2 aromatic heterocycles. The summed E-state index contributed by atoms with van der Waals surface area (Å²) < 4.78 is 2.02. The summed E-state index contributed by atoms with van der Waals surface area (Å²) in [6.45, 7) is 9.50. The van der Waals surface area contributed by atoms with Gasteiger partial charge in [-0.25, -0.2) is 4.98 Å². The zero-order valence-corrected chi connectivity index (χ0v) is 13.1. The Balaban J connectivity index is 2.19. The van der Waals surface area contributed by atoms with E-state index < -0.39 is 5.97 Å². The molecular weight excluding hydrogens is 266 g/mol. The number of carboxylic acids is 1. The van der Waals surface area contributed by atoms with Crippen molar-refractivity contribution in [1.29, 1.82) is 0 Å². The van der Waals surface area contributed by atoms with Crippen LogP contribution in [0.3, 0.4) is 0 Å². The van der Waals surface area contributed by atoms with Crippen molar-refractivity contribution in [3.63, 3.8) is 0 Å². The van der Waals surface area contributed by atoms with Crippen LogP contribution in [0.1, 0.15) is 38.4 Å². The van der Waals surface area contributed by atoms with E-state index in [0.717, 1.165) is 11.3 Å². The SMILES string of the molecule is Cc1ccc2nc(CN(CCC(=O)O)C(C)(C)C)cn2c1. The van der Waals surface area contributed by atoms with E-state index in [1.807, 2.05) is 35.9 Å². The summed E-state index contributed by atoms with van der Waals surface area (Å²) >= 11 is 0. The first-order valence-electron chi connectivity index (χ1n) is 7.17. The van der Waals surface area contributed by atoms with Gasteiger partial charge in [0.25, 0.3) is 0 Å². The molecule has 0 saturated carbocycles. The molecule has 0 bridgehead atoms. The van der Waals surface area contributed by atoms with Crippen LogP contribution in [0, 0.1) is 6.92 Å². The minimum Gasteiger partial charge on any atom is -0.481 e. The predicted molar refractivity (Wildman–Crippen MR) is 82.3 cm³/mol. The summed E-state index contributed by atoms with van der Waals surface area (Å²) in [6.07, 6.45) is 4.20. The molecule has 2 aromatic rings. The van der Waals surface area contributed by atoms with E-state index in [0.29, 0.717) is 13.1 Å². The van der Waals surface area contributed by atoms with Crippen molar-refractivity contribution in [3.8, 4) is 0 Å². The first-order chi connectivity index (χ1) is 9.75. The Kier molecular flexibility index (Phi) is 4.32. The van der Waals surface area contributed by atoms with Gasteiger partial charge in [-0.3, -0.25) is 9.69 Å². The molecule has 114 valence electrons. The summed E-state index contributed by atoms with van der Waals surface area (Å²) in [6, 6.07) is 4.04. The van der Waals surface area contributed by atoms with Crippen LogP contribution in [-0.2, 0) is 11.3 Å². The lowest BCUT2D eigenvalue weighted by molar-refractivity contribution is -0.137. The minimum absolute atomic E-state index is 0.0961. The topological polar surface area (TPSA) is 57.8 Å². The van der Waals surface area contributed by atoms with Crippen molar-refractivity contribution < 1.29 is 9.90 Å². The number of fused-ring (bicyclic) bond motifs is 1. The largest absolute Gasteiger partial charge is 0.481 e. The van der Waals surface area contributed by atoms with Gasteiger partial charge in [0, 0.05) is 31.0 Å². The molecule has 0 aliphatic carbocycles. The van der Waals surface area contributed by atoms with Gasteiger partial charge in [-0.1, -0.05) is 6.07 Å². The molecule has 5 heteroatoms. The van der Waals surface area contributed by atoms with Crippen LogP contribution >= 0.6 is 0 Å². The van der Waals surface area contributed by atoms with Crippen LogP contribution in [0.15, 0.2) is 24.5 Å². The van der Waals surface area contributed by atoms with E-state index in [2.05, 4.69) is 30.7 Å². The Morgan fingerprint density at radius 1 is 1.33 bits per heavy atom. The lowest BCUT2D eigenvalue weighted by Crippen LogP contribution is -2.42. The number of carbonyl (C=O) groups is 1. The fourth-order valence-electron chi connectivity index (χ4n) is 2.31. The van der Waals surface area contributed by atoms with Crippen LogP contribution in [-0.4, -0.2) is 37.4 Å². The number of aromatic nitrogens is 2. The summed E-state index contributed by atoms with van der Waals surface area (Å²) in [7, 11) is 0. The maximum absolute atomic E-state index is 10.8. The van der Waals surface area contributed by atoms with Gasteiger partial charge >= 0.3 is 5.97 Å². The molecule has 0 aromatic carbocycles. The lowest BCUT2D eigenvalue weighted by Gasteiger charge is -2.34. The molecule has 2 heterocycles. The van der Waals surface area contributed by atoms with Crippen molar-refractivity contribution in [2.45, 2.75) is 46.2 Å². The average Bonchev–Trinajstić information content (AvgIpc) is 2.74. The third kappa shape index (κ3) is 4.04. The van der Waals surface area contributed by atoms with Crippen LogP contribution in [0.2, 0.25) is 0 Å².